The molecule has 0 amide bonds. The van der Waals surface area contributed by atoms with Crippen molar-refractivity contribution in [1.29, 1.82) is 0 Å². The fourth-order valence-electron chi connectivity index (χ4n) is 1.54. The number of hydrogen-bond acceptors (Lipinski definition) is 2. The van der Waals surface area contributed by atoms with E-state index < -0.39 is 0 Å². The van der Waals surface area contributed by atoms with Gasteiger partial charge in [-0.25, -0.2) is 0 Å². The first kappa shape index (κ1) is 9.72. The highest BCUT2D eigenvalue weighted by atomic mass is 16.5. The molecule has 0 saturated carbocycles. The van der Waals surface area contributed by atoms with E-state index in [1.807, 2.05) is 13.8 Å². The molecule has 3 unspecified atom stereocenters. The Morgan fingerprint density at radius 2 is 2.33 bits per heavy atom. The first-order valence-corrected chi connectivity index (χ1v) is 4.82. The smallest absolute Gasteiger partial charge is 0.164 e. The van der Waals surface area contributed by atoms with Gasteiger partial charge in [0.05, 0.1) is 0 Å². The Balaban J connectivity index is 2.51. The third-order valence-corrected chi connectivity index (χ3v) is 2.77. The SMILES string of the molecule is CCC(C)C(=O)C1OCCC1C. The molecule has 0 bridgehead atoms. The van der Waals surface area contributed by atoms with Gasteiger partial charge in [-0.15, -0.1) is 0 Å². The van der Waals surface area contributed by atoms with Crippen LogP contribution in [0.15, 0.2) is 0 Å². The summed E-state index contributed by atoms with van der Waals surface area (Å²) in [5.74, 6) is 0.879. The highest BCUT2D eigenvalue weighted by Gasteiger charge is 2.32. The monoisotopic (exact) mass is 170 g/mol. The van der Waals surface area contributed by atoms with Gasteiger partial charge in [0.1, 0.15) is 6.10 Å². The van der Waals surface area contributed by atoms with Crippen molar-refractivity contribution in [1.82, 2.24) is 0 Å². The van der Waals surface area contributed by atoms with Crippen molar-refractivity contribution < 1.29 is 9.53 Å². The zero-order valence-electron chi connectivity index (χ0n) is 8.17. The maximum absolute atomic E-state index is 11.7. The van der Waals surface area contributed by atoms with Gasteiger partial charge in [-0.2, -0.15) is 0 Å². The number of rotatable bonds is 3. The number of hydrogen-bond donors (Lipinski definition) is 0. The van der Waals surface area contributed by atoms with Gasteiger partial charge in [-0.05, 0) is 18.8 Å². The number of carbonyl (C=O) groups is 1. The molecule has 0 aliphatic carbocycles. The van der Waals surface area contributed by atoms with E-state index in [0.29, 0.717) is 11.7 Å². The quantitative estimate of drug-likeness (QED) is 0.647. The van der Waals surface area contributed by atoms with Gasteiger partial charge < -0.3 is 4.74 Å². The Morgan fingerprint density at radius 1 is 1.67 bits per heavy atom. The fraction of sp³-hybridized carbons (Fsp3) is 0.900. The molecule has 1 heterocycles. The molecule has 3 atom stereocenters. The Morgan fingerprint density at radius 3 is 2.75 bits per heavy atom. The predicted molar refractivity (Wildman–Crippen MR) is 48.0 cm³/mol. The lowest BCUT2D eigenvalue weighted by Crippen LogP contribution is -2.29. The summed E-state index contributed by atoms with van der Waals surface area (Å²) in [6, 6.07) is 0. The molecule has 0 aromatic rings. The third kappa shape index (κ3) is 1.86. The van der Waals surface area contributed by atoms with Crippen LogP contribution in [0, 0.1) is 11.8 Å². The van der Waals surface area contributed by atoms with Crippen molar-refractivity contribution in [2.24, 2.45) is 11.8 Å². The largest absolute Gasteiger partial charge is 0.370 e. The molecule has 2 nitrogen and oxygen atoms in total. The van der Waals surface area contributed by atoms with E-state index in [1.165, 1.54) is 0 Å². The van der Waals surface area contributed by atoms with Gasteiger partial charge in [-0.1, -0.05) is 20.8 Å². The van der Waals surface area contributed by atoms with Crippen LogP contribution >= 0.6 is 0 Å². The molecule has 70 valence electrons. The van der Waals surface area contributed by atoms with Crippen molar-refractivity contribution in [3.05, 3.63) is 0 Å². The summed E-state index contributed by atoms with van der Waals surface area (Å²) in [7, 11) is 0. The van der Waals surface area contributed by atoms with Crippen LogP contribution in [0.25, 0.3) is 0 Å². The van der Waals surface area contributed by atoms with Gasteiger partial charge >= 0.3 is 0 Å². The molecule has 2 heteroatoms. The number of carbonyl (C=O) groups excluding carboxylic acids is 1. The summed E-state index contributed by atoms with van der Waals surface area (Å²) < 4.78 is 5.40. The number of ketones is 1. The van der Waals surface area contributed by atoms with Crippen LogP contribution in [-0.2, 0) is 9.53 Å². The molecule has 12 heavy (non-hydrogen) atoms. The summed E-state index contributed by atoms with van der Waals surface area (Å²) in [4.78, 5) is 11.7. The summed E-state index contributed by atoms with van der Waals surface area (Å²) in [5.41, 5.74) is 0. The van der Waals surface area contributed by atoms with E-state index >= 15 is 0 Å². The van der Waals surface area contributed by atoms with Crippen LogP contribution in [0.4, 0.5) is 0 Å². The Kier molecular flexibility index (Phi) is 3.27. The van der Waals surface area contributed by atoms with E-state index in [4.69, 9.17) is 4.74 Å². The van der Waals surface area contributed by atoms with Gasteiger partial charge in [0.15, 0.2) is 5.78 Å². The minimum Gasteiger partial charge on any atom is -0.370 e. The maximum Gasteiger partial charge on any atom is 0.164 e. The van der Waals surface area contributed by atoms with Crippen LogP contribution in [0.3, 0.4) is 0 Å². The van der Waals surface area contributed by atoms with Crippen molar-refractivity contribution in [3.8, 4) is 0 Å². The van der Waals surface area contributed by atoms with Crippen molar-refractivity contribution in [3.63, 3.8) is 0 Å². The molecule has 0 aromatic carbocycles. The summed E-state index contributed by atoms with van der Waals surface area (Å²) in [5, 5.41) is 0. The average Bonchev–Trinajstić information content (AvgIpc) is 2.48. The van der Waals surface area contributed by atoms with E-state index in [1.54, 1.807) is 0 Å². The minimum absolute atomic E-state index is 0.111. The second-order valence-corrected chi connectivity index (χ2v) is 3.77. The normalized spacial score (nSPS) is 31.9. The van der Waals surface area contributed by atoms with Crippen LogP contribution in [-0.4, -0.2) is 18.5 Å². The van der Waals surface area contributed by atoms with Crippen molar-refractivity contribution in [2.45, 2.75) is 39.7 Å². The lowest BCUT2D eigenvalue weighted by molar-refractivity contribution is -0.132. The predicted octanol–water partition coefficient (Wildman–Crippen LogP) is 2.03. The zero-order valence-corrected chi connectivity index (χ0v) is 8.17. The molecule has 1 saturated heterocycles. The summed E-state index contributed by atoms with van der Waals surface area (Å²) in [6.07, 6.45) is 1.85. The molecule has 1 aliphatic rings. The first-order chi connectivity index (χ1) is 5.66. The number of ether oxygens (including phenoxy) is 1. The highest BCUT2D eigenvalue weighted by molar-refractivity contribution is 5.85. The lowest BCUT2D eigenvalue weighted by Gasteiger charge is -2.16. The topological polar surface area (TPSA) is 26.3 Å². The summed E-state index contributed by atoms with van der Waals surface area (Å²) >= 11 is 0. The summed E-state index contributed by atoms with van der Waals surface area (Å²) in [6.45, 7) is 6.88. The Bertz CT molecular complexity index is 165. The van der Waals surface area contributed by atoms with Gasteiger partial charge in [0.25, 0.3) is 0 Å². The molecular weight excluding hydrogens is 152 g/mol. The van der Waals surface area contributed by atoms with Gasteiger partial charge in [-0.3, -0.25) is 4.79 Å². The van der Waals surface area contributed by atoms with Gasteiger partial charge in [0.2, 0.25) is 0 Å². The fourth-order valence-corrected chi connectivity index (χ4v) is 1.54. The van der Waals surface area contributed by atoms with Crippen LogP contribution in [0.5, 0.6) is 0 Å². The molecule has 1 fully saturated rings. The van der Waals surface area contributed by atoms with Crippen molar-refractivity contribution >= 4 is 5.78 Å². The lowest BCUT2D eigenvalue weighted by atomic mass is 9.92. The standard InChI is InChI=1S/C10H18O2/c1-4-7(2)9(11)10-8(3)5-6-12-10/h7-8,10H,4-6H2,1-3H3. The van der Waals surface area contributed by atoms with E-state index in [2.05, 4.69) is 6.92 Å². The van der Waals surface area contributed by atoms with Crippen LogP contribution in [0.2, 0.25) is 0 Å². The Hall–Kier alpha value is -0.370. The molecule has 0 spiro atoms. The highest BCUT2D eigenvalue weighted by Crippen LogP contribution is 2.23. The zero-order chi connectivity index (χ0) is 9.14. The number of Topliss-reactive ketones (excluding diaryl/α,β-unsaturated/α-hetero) is 1. The maximum atomic E-state index is 11.7. The molecule has 1 aliphatic heterocycles. The molecule has 0 aromatic heterocycles. The van der Waals surface area contributed by atoms with E-state index in [-0.39, 0.29) is 12.0 Å². The van der Waals surface area contributed by atoms with Crippen LogP contribution < -0.4 is 0 Å². The molecule has 1 rings (SSSR count). The molecular formula is C10H18O2. The first-order valence-electron chi connectivity index (χ1n) is 4.82. The molecule has 0 radical (unpaired) electrons. The second-order valence-electron chi connectivity index (χ2n) is 3.77. The van der Waals surface area contributed by atoms with Gasteiger partial charge in [0, 0.05) is 12.5 Å². The average molecular weight is 170 g/mol. The van der Waals surface area contributed by atoms with Crippen LogP contribution in [0.1, 0.15) is 33.6 Å². The molecule has 0 N–H and O–H groups in total. The van der Waals surface area contributed by atoms with E-state index in [9.17, 15) is 4.79 Å². The Labute approximate surface area is 74.3 Å². The van der Waals surface area contributed by atoms with E-state index in [0.717, 1.165) is 19.4 Å². The minimum atomic E-state index is -0.111. The second kappa shape index (κ2) is 4.04. The van der Waals surface area contributed by atoms with Crippen molar-refractivity contribution in [2.75, 3.05) is 6.61 Å². The third-order valence-electron chi connectivity index (χ3n) is 2.77.